The number of cyclic esters (lactones) is 1. The van der Waals surface area contributed by atoms with Crippen LogP contribution in [0, 0.1) is 0 Å². The van der Waals surface area contributed by atoms with Crippen LogP contribution in [0.5, 0.6) is 0 Å². The maximum Gasteiger partial charge on any atom is 0.338 e. The maximum atomic E-state index is 11.5. The van der Waals surface area contributed by atoms with E-state index < -0.39 is 36.1 Å². The lowest BCUT2D eigenvalue weighted by atomic mass is 10.1. The lowest BCUT2D eigenvalue weighted by Crippen LogP contribution is -2.36. The fourth-order valence-electron chi connectivity index (χ4n) is 2.00. The number of hydrogen-bond acceptors (Lipinski definition) is 5. The molecule has 0 radical (unpaired) electrons. The Labute approximate surface area is 92.3 Å². The molecule has 16 heavy (non-hydrogen) atoms. The zero-order chi connectivity index (χ0) is 11.9. The molecule has 2 saturated heterocycles. The molecule has 2 rings (SSSR count). The first kappa shape index (κ1) is 11.2. The molecular formula is C9H13N3O4. The van der Waals surface area contributed by atoms with E-state index in [2.05, 4.69) is 10.0 Å². The molecule has 0 N–H and O–H groups in total. The van der Waals surface area contributed by atoms with Gasteiger partial charge in [0.05, 0.1) is 6.04 Å². The van der Waals surface area contributed by atoms with Crippen LogP contribution in [0.1, 0.15) is 20.8 Å². The third kappa shape index (κ3) is 1.73. The fraction of sp³-hybridized carbons (Fsp3) is 0.889. The Kier molecular flexibility index (Phi) is 2.53. The molecule has 2 heterocycles. The number of rotatable bonds is 2. The van der Waals surface area contributed by atoms with Crippen LogP contribution in [-0.2, 0) is 19.0 Å². The van der Waals surface area contributed by atoms with E-state index >= 15 is 0 Å². The number of esters is 1. The molecule has 0 aliphatic carbocycles. The molecule has 2 aliphatic rings. The lowest BCUT2D eigenvalue weighted by molar-refractivity contribution is -0.187. The van der Waals surface area contributed by atoms with Crippen LogP contribution in [0.15, 0.2) is 5.11 Å². The third-order valence-corrected chi connectivity index (χ3v) is 2.65. The summed E-state index contributed by atoms with van der Waals surface area (Å²) in [7, 11) is 0. The van der Waals surface area contributed by atoms with Crippen molar-refractivity contribution in [3.05, 3.63) is 10.4 Å². The van der Waals surface area contributed by atoms with Gasteiger partial charge >= 0.3 is 5.97 Å². The molecule has 7 nitrogen and oxygen atoms in total. The number of ether oxygens (including phenoxy) is 3. The Morgan fingerprint density at radius 3 is 2.81 bits per heavy atom. The van der Waals surface area contributed by atoms with Crippen molar-refractivity contribution in [3.63, 3.8) is 0 Å². The average molecular weight is 227 g/mol. The second-order valence-corrected chi connectivity index (χ2v) is 4.37. The second kappa shape index (κ2) is 3.62. The molecule has 7 heteroatoms. The van der Waals surface area contributed by atoms with Crippen molar-refractivity contribution in [2.45, 2.75) is 50.9 Å². The topological polar surface area (TPSA) is 93.5 Å². The van der Waals surface area contributed by atoms with Crippen molar-refractivity contribution >= 4 is 5.97 Å². The predicted molar refractivity (Wildman–Crippen MR) is 52.3 cm³/mol. The number of carbonyl (C=O) groups excluding carboxylic acids is 1. The van der Waals surface area contributed by atoms with Gasteiger partial charge in [0.1, 0.15) is 12.2 Å². The van der Waals surface area contributed by atoms with E-state index in [-0.39, 0.29) is 0 Å². The first-order valence-corrected chi connectivity index (χ1v) is 5.05. The van der Waals surface area contributed by atoms with Gasteiger partial charge in [0.15, 0.2) is 11.9 Å². The number of hydrogen-bond donors (Lipinski definition) is 0. The standard InChI is InChI=1S/C9H13N3O4/c1-4(11-12-10)5-6-7(8(13)14-5)16-9(2,3)15-6/h4-7H,1-3H3/t4-,5-,6+,7+/m1/s1. The third-order valence-electron chi connectivity index (χ3n) is 2.65. The highest BCUT2D eigenvalue weighted by molar-refractivity contribution is 5.78. The van der Waals surface area contributed by atoms with Gasteiger partial charge in [-0.2, -0.15) is 0 Å². The summed E-state index contributed by atoms with van der Waals surface area (Å²) < 4.78 is 16.1. The highest BCUT2D eigenvalue weighted by Crippen LogP contribution is 2.37. The van der Waals surface area contributed by atoms with E-state index in [0.29, 0.717) is 0 Å². The SMILES string of the molecule is C[C@@H](N=[N+]=[N-])[C@H]1OC(=O)[C@H]2OC(C)(C)O[C@@H]12. The zero-order valence-corrected chi connectivity index (χ0v) is 9.28. The molecule has 0 amide bonds. The van der Waals surface area contributed by atoms with Gasteiger partial charge in [0, 0.05) is 4.91 Å². The molecule has 4 atom stereocenters. The minimum atomic E-state index is -0.802. The molecule has 0 bridgehead atoms. The first-order valence-electron chi connectivity index (χ1n) is 5.05. The number of nitrogens with zero attached hydrogens (tertiary/aromatic N) is 3. The van der Waals surface area contributed by atoms with Crippen LogP contribution in [-0.4, -0.2) is 36.1 Å². The Bertz CT molecular complexity index is 364. The quantitative estimate of drug-likeness (QED) is 0.306. The van der Waals surface area contributed by atoms with E-state index in [1.54, 1.807) is 20.8 Å². The van der Waals surface area contributed by atoms with Gasteiger partial charge in [0.2, 0.25) is 0 Å². The fourth-order valence-corrected chi connectivity index (χ4v) is 2.00. The average Bonchev–Trinajstić information content (AvgIpc) is 2.62. The van der Waals surface area contributed by atoms with Crippen molar-refractivity contribution in [1.82, 2.24) is 0 Å². The largest absolute Gasteiger partial charge is 0.457 e. The van der Waals surface area contributed by atoms with Crippen molar-refractivity contribution in [1.29, 1.82) is 0 Å². The second-order valence-electron chi connectivity index (χ2n) is 4.37. The van der Waals surface area contributed by atoms with Gasteiger partial charge in [-0.25, -0.2) is 4.79 Å². The van der Waals surface area contributed by atoms with Gasteiger partial charge in [-0.15, -0.1) is 0 Å². The van der Waals surface area contributed by atoms with E-state index in [1.807, 2.05) is 0 Å². The normalized spacial score (nSPS) is 37.4. The molecule has 0 aromatic carbocycles. The van der Waals surface area contributed by atoms with Gasteiger partial charge in [-0.05, 0) is 19.4 Å². The monoisotopic (exact) mass is 227 g/mol. The molecule has 2 aliphatic heterocycles. The Morgan fingerprint density at radius 1 is 1.50 bits per heavy atom. The van der Waals surface area contributed by atoms with E-state index in [9.17, 15) is 4.79 Å². The summed E-state index contributed by atoms with van der Waals surface area (Å²) in [6.07, 6.45) is -1.78. The molecule has 0 spiro atoms. The van der Waals surface area contributed by atoms with Gasteiger partial charge in [-0.3, -0.25) is 0 Å². The number of fused-ring (bicyclic) bond motifs is 1. The van der Waals surface area contributed by atoms with Crippen LogP contribution in [0.4, 0.5) is 0 Å². The summed E-state index contributed by atoms with van der Waals surface area (Å²) in [6, 6.07) is -0.471. The summed E-state index contributed by atoms with van der Waals surface area (Å²) in [6.45, 7) is 5.14. The van der Waals surface area contributed by atoms with Crippen molar-refractivity contribution in [2.24, 2.45) is 5.11 Å². The summed E-state index contributed by atoms with van der Waals surface area (Å²) in [5.41, 5.74) is 8.35. The number of carbonyl (C=O) groups is 1. The van der Waals surface area contributed by atoms with Gasteiger partial charge in [0.25, 0.3) is 0 Å². The lowest BCUT2D eigenvalue weighted by Gasteiger charge is -2.22. The molecule has 0 aromatic rings. The predicted octanol–water partition coefficient (Wildman–Crippen LogP) is 1.13. The Hall–Kier alpha value is -1.30. The highest BCUT2D eigenvalue weighted by Gasteiger charge is 2.57. The van der Waals surface area contributed by atoms with Crippen molar-refractivity contribution < 1.29 is 19.0 Å². The van der Waals surface area contributed by atoms with E-state index in [0.717, 1.165) is 0 Å². The van der Waals surface area contributed by atoms with E-state index in [4.69, 9.17) is 19.7 Å². The van der Waals surface area contributed by atoms with Crippen LogP contribution in [0.25, 0.3) is 10.4 Å². The van der Waals surface area contributed by atoms with Gasteiger partial charge in [-0.1, -0.05) is 12.0 Å². The zero-order valence-electron chi connectivity index (χ0n) is 9.28. The van der Waals surface area contributed by atoms with Crippen molar-refractivity contribution in [2.75, 3.05) is 0 Å². The highest BCUT2D eigenvalue weighted by atomic mass is 16.8. The van der Waals surface area contributed by atoms with Crippen LogP contribution in [0.3, 0.4) is 0 Å². The molecular weight excluding hydrogens is 214 g/mol. The van der Waals surface area contributed by atoms with Crippen LogP contribution >= 0.6 is 0 Å². The molecule has 0 aromatic heterocycles. The minimum Gasteiger partial charge on any atom is -0.457 e. The molecule has 88 valence electrons. The molecule has 2 fully saturated rings. The molecule has 0 unspecified atom stereocenters. The Morgan fingerprint density at radius 2 is 2.19 bits per heavy atom. The van der Waals surface area contributed by atoms with E-state index in [1.165, 1.54) is 0 Å². The first-order chi connectivity index (χ1) is 7.44. The van der Waals surface area contributed by atoms with Gasteiger partial charge < -0.3 is 14.2 Å². The minimum absolute atomic E-state index is 0.458. The number of azide groups is 1. The maximum absolute atomic E-state index is 11.5. The smallest absolute Gasteiger partial charge is 0.338 e. The van der Waals surface area contributed by atoms with Crippen LogP contribution in [0.2, 0.25) is 0 Å². The molecule has 0 saturated carbocycles. The summed E-state index contributed by atoms with van der Waals surface area (Å²) in [5.74, 6) is -1.26. The van der Waals surface area contributed by atoms with Crippen molar-refractivity contribution in [3.8, 4) is 0 Å². The summed E-state index contributed by atoms with van der Waals surface area (Å²) >= 11 is 0. The van der Waals surface area contributed by atoms with Crippen LogP contribution < -0.4 is 0 Å². The summed E-state index contributed by atoms with van der Waals surface area (Å²) in [4.78, 5) is 14.2. The summed E-state index contributed by atoms with van der Waals surface area (Å²) in [5, 5.41) is 3.52. The Balaban J connectivity index is 2.19.